The number of carbonyl (C=O) groups is 2. The summed E-state index contributed by atoms with van der Waals surface area (Å²) in [6.45, 7) is 3.63. The zero-order chi connectivity index (χ0) is 18.0. The molecule has 2 amide bonds. The second-order valence-electron chi connectivity index (χ2n) is 5.59. The van der Waals surface area contributed by atoms with Crippen LogP contribution in [0.15, 0.2) is 47.2 Å². The van der Waals surface area contributed by atoms with E-state index in [0.29, 0.717) is 11.3 Å². The summed E-state index contributed by atoms with van der Waals surface area (Å²) in [6.07, 6.45) is 2.95. The smallest absolute Gasteiger partial charge is 0.270 e. The number of benzene rings is 1. The Morgan fingerprint density at radius 2 is 1.96 bits per heavy atom. The van der Waals surface area contributed by atoms with Gasteiger partial charge < -0.3 is 15.5 Å². The highest BCUT2D eigenvalue weighted by molar-refractivity contribution is 5.95. The van der Waals surface area contributed by atoms with Gasteiger partial charge in [0.25, 0.3) is 11.8 Å². The summed E-state index contributed by atoms with van der Waals surface area (Å²) in [4.78, 5) is 23.3. The van der Waals surface area contributed by atoms with Gasteiger partial charge in [-0.25, -0.2) is 4.68 Å². The number of carbonyl (C=O) groups excluding carboxylic acids is 2. The number of aryl methyl sites for hydroxylation is 1. The van der Waals surface area contributed by atoms with Crippen molar-refractivity contribution in [3.8, 4) is 5.69 Å². The van der Waals surface area contributed by atoms with Gasteiger partial charge in [-0.3, -0.25) is 9.59 Å². The predicted octanol–water partition coefficient (Wildman–Crippen LogP) is 1.76. The van der Waals surface area contributed by atoms with Crippen LogP contribution in [0.3, 0.4) is 0 Å². The highest BCUT2D eigenvalue weighted by Crippen LogP contribution is 2.17. The van der Waals surface area contributed by atoms with E-state index in [1.165, 1.54) is 17.1 Å². The molecule has 128 valence electrons. The molecule has 25 heavy (non-hydrogen) atoms. The van der Waals surface area contributed by atoms with Crippen molar-refractivity contribution in [3.05, 3.63) is 65.4 Å². The molecule has 3 rings (SSSR count). The standard InChI is InChI=1S/C17H17N5O3/c1-10(19-17(24)14-7-8-25-11(14)2)12-3-5-13(6-4-12)22-9-15(16(18)23)20-21-22/h3-10H,1-2H3,(H2,18,23)(H,19,24). The molecule has 0 saturated heterocycles. The molecule has 1 atom stereocenters. The fraction of sp³-hybridized carbons (Fsp3) is 0.176. The molecule has 2 aromatic heterocycles. The summed E-state index contributed by atoms with van der Waals surface area (Å²) in [5, 5.41) is 10.5. The monoisotopic (exact) mass is 339 g/mol. The van der Waals surface area contributed by atoms with Crippen LogP contribution in [0, 0.1) is 6.92 Å². The van der Waals surface area contributed by atoms with Crippen molar-refractivity contribution in [3.63, 3.8) is 0 Å². The average Bonchev–Trinajstić information content (AvgIpc) is 3.24. The molecule has 3 N–H and O–H groups in total. The first-order chi connectivity index (χ1) is 12.0. The van der Waals surface area contributed by atoms with Gasteiger partial charge in [0.15, 0.2) is 5.69 Å². The van der Waals surface area contributed by atoms with E-state index >= 15 is 0 Å². The number of hydrogen-bond acceptors (Lipinski definition) is 5. The maximum absolute atomic E-state index is 12.2. The van der Waals surface area contributed by atoms with Crippen LogP contribution in [0.1, 0.15) is 45.1 Å². The summed E-state index contributed by atoms with van der Waals surface area (Å²) in [6, 6.07) is 8.83. The minimum atomic E-state index is -0.631. The van der Waals surface area contributed by atoms with E-state index in [2.05, 4.69) is 15.6 Å². The molecule has 0 bridgehead atoms. The number of hydrogen-bond donors (Lipinski definition) is 2. The lowest BCUT2D eigenvalue weighted by molar-refractivity contribution is 0.0937. The highest BCUT2D eigenvalue weighted by atomic mass is 16.3. The molecule has 1 unspecified atom stereocenters. The Hall–Kier alpha value is -3.42. The Balaban J connectivity index is 1.72. The third-order valence-corrected chi connectivity index (χ3v) is 3.85. The third-order valence-electron chi connectivity index (χ3n) is 3.85. The number of nitrogens with zero attached hydrogens (tertiary/aromatic N) is 3. The number of nitrogens with one attached hydrogen (secondary N) is 1. The first-order valence-corrected chi connectivity index (χ1v) is 7.63. The number of rotatable bonds is 5. The van der Waals surface area contributed by atoms with Gasteiger partial charge in [-0.2, -0.15) is 0 Å². The van der Waals surface area contributed by atoms with Crippen LogP contribution < -0.4 is 11.1 Å². The second-order valence-corrected chi connectivity index (χ2v) is 5.59. The summed E-state index contributed by atoms with van der Waals surface area (Å²) in [5.74, 6) is -0.240. The molecule has 1 aromatic carbocycles. The number of furan rings is 1. The first-order valence-electron chi connectivity index (χ1n) is 7.63. The summed E-state index contributed by atoms with van der Waals surface area (Å²) in [7, 11) is 0. The van der Waals surface area contributed by atoms with Crippen molar-refractivity contribution >= 4 is 11.8 Å². The minimum Gasteiger partial charge on any atom is -0.469 e. The van der Waals surface area contributed by atoms with Crippen LogP contribution in [-0.2, 0) is 0 Å². The van der Waals surface area contributed by atoms with Gasteiger partial charge in [0.05, 0.1) is 29.8 Å². The lowest BCUT2D eigenvalue weighted by Gasteiger charge is -2.14. The van der Waals surface area contributed by atoms with Gasteiger partial charge in [0.2, 0.25) is 0 Å². The maximum Gasteiger partial charge on any atom is 0.270 e. The largest absolute Gasteiger partial charge is 0.469 e. The fourth-order valence-electron chi connectivity index (χ4n) is 2.40. The van der Waals surface area contributed by atoms with E-state index in [0.717, 1.165) is 11.3 Å². The van der Waals surface area contributed by atoms with E-state index in [9.17, 15) is 9.59 Å². The average molecular weight is 339 g/mol. The predicted molar refractivity (Wildman–Crippen MR) is 89.2 cm³/mol. The molecule has 0 aliphatic rings. The van der Waals surface area contributed by atoms with Crippen LogP contribution in [0.25, 0.3) is 5.69 Å². The molecule has 8 heteroatoms. The number of primary amides is 1. The summed E-state index contributed by atoms with van der Waals surface area (Å²) >= 11 is 0. The van der Waals surface area contributed by atoms with Gasteiger partial charge in [-0.05, 0) is 37.6 Å². The van der Waals surface area contributed by atoms with E-state index in [-0.39, 0.29) is 17.6 Å². The lowest BCUT2D eigenvalue weighted by atomic mass is 10.1. The highest BCUT2D eigenvalue weighted by Gasteiger charge is 2.15. The van der Waals surface area contributed by atoms with Gasteiger partial charge >= 0.3 is 0 Å². The van der Waals surface area contributed by atoms with E-state index in [1.54, 1.807) is 13.0 Å². The normalized spacial score (nSPS) is 11.9. The second kappa shape index (κ2) is 6.60. The zero-order valence-corrected chi connectivity index (χ0v) is 13.8. The van der Waals surface area contributed by atoms with Crippen LogP contribution in [0.5, 0.6) is 0 Å². The van der Waals surface area contributed by atoms with Crippen molar-refractivity contribution in [1.82, 2.24) is 20.3 Å². The van der Waals surface area contributed by atoms with Crippen molar-refractivity contribution in [2.75, 3.05) is 0 Å². The van der Waals surface area contributed by atoms with E-state index in [4.69, 9.17) is 10.2 Å². The molecule has 0 aliphatic carbocycles. The molecule has 0 radical (unpaired) electrons. The molecule has 8 nitrogen and oxygen atoms in total. The third kappa shape index (κ3) is 3.42. The number of aromatic nitrogens is 3. The van der Waals surface area contributed by atoms with Gasteiger partial charge in [0, 0.05) is 0 Å². The zero-order valence-electron chi connectivity index (χ0n) is 13.8. The Bertz CT molecular complexity index is 911. The molecule has 0 spiro atoms. The van der Waals surface area contributed by atoms with Crippen LogP contribution in [0.4, 0.5) is 0 Å². The van der Waals surface area contributed by atoms with Gasteiger partial charge in [-0.1, -0.05) is 17.3 Å². The molecular formula is C17H17N5O3. The summed E-state index contributed by atoms with van der Waals surface area (Å²) < 4.78 is 6.61. The number of amides is 2. The molecule has 0 aliphatic heterocycles. The topological polar surface area (TPSA) is 116 Å². The molecular weight excluding hydrogens is 322 g/mol. The van der Waals surface area contributed by atoms with Crippen LogP contribution >= 0.6 is 0 Å². The van der Waals surface area contributed by atoms with Crippen molar-refractivity contribution in [1.29, 1.82) is 0 Å². The number of nitrogens with two attached hydrogens (primary N) is 1. The van der Waals surface area contributed by atoms with Crippen molar-refractivity contribution in [2.45, 2.75) is 19.9 Å². The van der Waals surface area contributed by atoms with E-state index in [1.807, 2.05) is 31.2 Å². The first kappa shape index (κ1) is 16.4. The van der Waals surface area contributed by atoms with Crippen molar-refractivity contribution in [2.24, 2.45) is 5.73 Å². The van der Waals surface area contributed by atoms with E-state index < -0.39 is 5.91 Å². The van der Waals surface area contributed by atoms with Crippen LogP contribution in [-0.4, -0.2) is 26.8 Å². The minimum absolute atomic E-state index is 0.0974. The fourth-order valence-corrected chi connectivity index (χ4v) is 2.40. The lowest BCUT2D eigenvalue weighted by Crippen LogP contribution is -2.26. The molecule has 0 fully saturated rings. The Morgan fingerprint density at radius 3 is 2.52 bits per heavy atom. The molecule has 2 heterocycles. The Kier molecular flexibility index (Phi) is 4.34. The molecule has 3 aromatic rings. The van der Waals surface area contributed by atoms with Gasteiger partial charge in [0.1, 0.15) is 5.76 Å². The van der Waals surface area contributed by atoms with Gasteiger partial charge in [-0.15, -0.1) is 5.10 Å². The molecule has 0 saturated carbocycles. The Morgan fingerprint density at radius 1 is 1.24 bits per heavy atom. The van der Waals surface area contributed by atoms with Crippen LogP contribution in [0.2, 0.25) is 0 Å². The summed E-state index contributed by atoms with van der Waals surface area (Å²) in [5.41, 5.74) is 7.43. The Labute approximate surface area is 143 Å². The van der Waals surface area contributed by atoms with Crippen molar-refractivity contribution < 1.29 is 14.0 Å². The SMILES string of the molecule is Cc1occc1C(=O)NC(C)c1ccc(-n2cc(C(N)=O)nn2)cc1. The quantitative estimate of drug-likeness (QED) is 0.735. The maximum atomic E-state index is 12.2.